The maximum Gasteiger partial charge on any atom is 0.129 e. The summed E-state index contributed by atoms with van der Waals surface area (Å²) < 4.78 is 26.4. The van der Waals surface area contributed by atoms with Gasteiger partial charge in [0.25, 0.3) is 0 Å². The van der Waals surface area contributed by atoms with Gasteiger partial charge in [0.05, 0.1) is 0 Å². The van der Waals surface area contributed by atoms with E-state index in [0.717, 1.165) is 24.8 Å². The summed E-state index contributed by atoms with van der Waals surface area (Å²) in [4.78, 5) is 0. The number of nitrogens with two attached hydrogens (primary N) is 1. The van der Waals surface area contributed by atoms with Crippen LogP contribution in [0, 0.1) is 23.5 Å². The molecule has 1 atom stereocenters. The van der Waals surface area contributed by atoms with Crippen molar-refractivity contribution in [2.75, 3.05) is 0 Å². The van der Waals surface area contributed by atoms with Gasteiger partial charge in [-0.25, -0.2) is 8.78 Å². The molecule has 0 amide bonds. The third-order valence-corrected chi connectivity index (χ3v) is 4.14. The molecular formula is C15H21F2N. The van der Waals surface area contributed by atoms with Crippen molar-refractivity contribution >= 4 is 0 Å². The topological polar surface area (TPSA) is 26.0 Å². The minimum atomic E-state index is -0.531. The first-order chi connectivity index (χ1) is 8.56. The molecule has 18 heavy (non-hydrogen) atoms. The quantitative estimate of drug-likeness (QED) is 0.874. The number of rotatable bonds is 3. The Balaban J connectivity index is 1.96. The molecule has 100 valence electrons. The van der Waals surface area contributed by atoms with Crippen molar-refractivity contribution in [1.82, 2.24) is 0 Å². The zero-order valence-electron chi connectivity index (χ0n) is 10.8. The van der Waals surface area contributed by atoms with Crippen LogP contribution in [0.4, 0.5) is 8.78 Å². The van der Waals surface area contributed by atoms with Crippen molar-refractivity contribution in [1.29, 1.82) is 0 Å². The molecule has 1 aliphatic carbocycles. The molecule has 0 spiro atoms. The van der Waals surface area contributed by atoms with Crippen molar-refractivity contribution in [2.24, 2.45) is 17.6 Å². The summed E-state index contributed by atoms with van der Waals surface area (Å²) >= 11 is 0. The predicted octanol–water partition coefficient (Wildman–Crippen LogP) is 3.66. The van der Waals surface area contributed by atoms with Crippen LogP contribution < -0.4 is 5.73 Å². The molecular weight excluding hydrogens is 232 g/mol. The lowest BCUT2D eigenvalue weighted by Gasteiger charge is -2.30. The third kappa shape index (κ3) is 3.29. The normalized spacial score (nSPS) is 26.0. The van der Waals surface area contributed by atoms with E-state index in [-0.39, 0.29) is 6.04 Å². The summed E-state index contributed by atoms with van der Waals surface area (Å²) in [7, 11) is 0. The van der Waals surface area contributed by atoms with Crippen LogP contribution in [0.25, 0.3) is 0 Å². The Labute approximate surface area is 107 Å². The first-order valence-electron chi connectivity index (χ1n) is 6.75. The average molecular weight is 253 g/mol. The Morgan fingerprint density at radius 2 is 1.89 bits per heavy atom. The van der Waals surface area contributed by atoms with Crippen LogP contribution in [0.2, 0.25) is 0 Å². The van der Waals surface area contributed by atoms with Crippen molar-refractivity contribution in [2.45, 2.75) is 45.1 Å². The summed E-state index contributed by atoms with van der Waals surface area (Å²) in [5.74, 6) is 0.257. The summed E-state index contributed by atoms with van der Waals surface area (Å²) in [6.45, 7) is 2.27. The SMILES string of the molecule is CC1CCC(C(N)Cc2ccc(F)cc2F)CC1. The van der Waals surface area contributed by atoms with Crippen molar-refractivity contribution < 1.29 is 8.78 Å². The predicted molar refractivity (Wildman–Crippen MR) is 69.2 cm³/mol. The van der Waals surface area contributed by atoms with Gasteiger partial charge in [-0.1, -0.05) is 25.8 Å². The fraction of sp³-hybridized carbons (Fsp3) is 0.600. The van der Waals surface area contributed by atoms with Gasteiger partial charge < -0.3 is 5.73 Å². The molecule has 0 bridgehead atoms. The molecule has 1 unspecified atom stereocenters. The second-order valence-electron chi connectivity index (χ2n) is 5.62. The Bertz CT molecular complexity index is 397. The second kappa shape index (κ2) is 5.79. The molecule has 0 heterocycles. The highest BCUT2D eigenvalue weighted by Crippen LogP contribution is 2.31. The highest BCUT2D eigenvalue weighted by atomic mass is 19.1. The van der Waals surface area contributed by atoms with Gasteiger partial charge in [0.1, 0.15) is 11.6 Å². The van der Waals surface area contributed by atoms with Crippen molar-refractivity contribution in [3.8, 4) is 0 Å². The van der Waals surface area contributed by atoms with Crippen LogP contribution in [0.1, 0.15) is 38.2 Å². The van der Waals surface area contributed by atoms with E-state index >= 15 is 0 Å². The van der Waals surface area contributed by atoms with E-state index in [1.807, 2.05) is 0 Å². The largest absolute Gasteiger partial charge is 0.327 e. The summed E-state index contributed by atoms with van der Waals surface area (Å²) in [5, 5.41) is 0. The maximum absolute atomic E-state index is 13.5. The number of hydrogen-bond acceptors (Lipinski definition) is 1. The molecule has 1 aromatic rings. The standard InChI is InChI=1S/C15H21F2N/c1-10-2-4-11(5-3-10)15(18)8-12-6-7-13(16)9-14(12)17/h6-7,9-11,15H,2-5,8,18H2,1H3. The fourth-order valence-electron chi connectivity index (χ4n) is 2.82. The van der Waals surface area contributed by atoms with E-state index in [0.29, 0.717) is 17.9 Å². The molecule has 1 aromatic carbocycles. The summed E-state index contributed by atoms with van der Waals surface area (Å²) in [6, 6.07) is 3.73. The molecule has 1 saturated carbocycles. The van der Waals surface area contributed by atoms with E-state index in [4.69, 9.17) is 5.73 Å². The number of benzene rings is 1. The Kier molecular flexibility index (Phi) is 4.33. The first kappa shape index (κ1) is 13.5. The summed E-state index contributed by atoms with van der Waals surface area (Å²) in [5.41, 5.74) is 6.70. The van der Waals surface area contributed by atoms with Crippen LogP contribution in [-0.2, 0) is 6.42 Å². The monoisotopic (exact) mass is 253 g/mol. The number of hydrogen-bond donors (Lipinski definition) is 1. The van der Waals surface area contributed by atoms with Gasteiger partial charge >= 0.3 is 0 Å². The van der Waals surface area contributed by atoms with Crippen molar-refractivity contribution in [3.05, 3.63) is 35.4 Å². The smallest absolute Gasteiger partial charge is 0.129 e. The second-order valence-corrected chi connectivity index (χ2v) is 5.62. The van der Waals surface area contributed by atoms with Crippen LogP contribution in [0.5, 0.6) is 0 Å². The summed E-state index contributed by atoms with van der Waals surface area (Å²) in [6.07, 6.45) is 5.19. The van der Waals surface area contributed by atoms with E-state index in [1.165, 1.54) is 25.0 Å². The lowest BCUT2D eigenvalue weighted by molar-refractivity contribution is 0.252. The molecule has 0 radical (unpaired) electrons. The van der Waals surface area contributed by atoms with Gasteiger partial charge in [-0.2, -0.15) is 0 Å². The van der Waals surface area contributed by atoms with Gasteiger partial charge in [-0.3, -0.25) is 0 Å². The Morgan fingerprint density at radius 3 is 2.50 bits per heavy atom. The molecule has 2 N–H and O–H groups in total. The molecule has 1 nitrogen and oxygen atoms in total. The molecule has 1 aliphatic rings. The van der Waals surface area contributed by atoms with Gasteiger partial charge in [0.15, 0.2) is 0 Å². The highest BCUT2D eigenvalue weighted by Gasteiger charge is 2.24. The molecule has 0 aromatic heterocycles. The molecule has 2 rings (SSSR count). The van der Waals surface area contributed by atoms with Crippen molar-refractivity contribution in [3.63, 3.8) is 0 Å². The van der Waals surface area contributed by atoms with E-state index in [2.05, 4.69) is 6.92 Å². The van der Waals surface area contributed by atoms with Gasteiger partial charge in [-0.05, 0) is 42.7 Å². The lowest BCUT2D eigenvalue weighted by Crippen LogP contribution is -2.34. The Morgan fingerprint density at radius 1 is 1.22 bits per heavy atom. The fourth-order valence-corrected chi connectivity index (χ4v) is 2.82. The maximum atomic E-state index is 13.5. The third-order valence-electron chi connectivity index (χ3n) is 4.14. The van der Waals surface area contributed by atoms with E-state index in [9.17, 15) is 8.78 Å². The van der Waals surface area contributed by atoms with Crippen LogP contribution in [0.15, 0.2) is 18.2 Å². The Hall–Kier alpha value is -0.960. The van der Waals surface area contributed by atoms with Gasteiger partial charge in [0, 0.05) is 12.1 Å². The molecule has 0 aliphatic heterocycles. The molecule has 1 fully saturated rings. The molecule has 0 saturated heterocycles. The zero-order valence-corrected chi connectivity index (χ0v) is 10.8. The van der Waals surface area contributed by atoms with Gasteiger partial charge in [-0.15, -0.1) is 0 Å². The van der Waals surface area contributed by atoms with Crippen LogP contribution in [0.3, 0.4) is 0 Å². The minimum absolute atomic E-state index is 0.0162. The minimum Gasteiger partial charge on any atom is -0.327 e. The first-order valence-corrected chi connectivity index (χ1v) is 6.75. The number of halogens is 2. The highest BCUT2D eigenvalue weighted by molar-refractivity contribution is 5.19. The molecule has 3 heteroatoms. The van der Waals surface area contributed by atoms with Crippen LogP contribution in [-0.4, -0.2) is 6.04 Å². The van der Waals surface area contributed by atoms with E-state index in [1.54, 1.807) is 0 Å². The lowest BCUT2D eigenvalue weighted by atomic mass is 9.78. The van der Waals surface area contributed by atoms with E-state index < -0.39 is 11.6 Å². The van der Waals surface area contributed by atoms with Gasteiger partial charge in [0.2, 0.25) is 0 Å². The average Bonchev–Trinajstić information content (AvgIpc) is 2.33. The zero-order chi connectivity index (χ0) is 13.1. The van der Waals surface area contributed by atoms with Crippen LogP contribution >= 0.6 is 0 Å².